The maximum absolute atomic E-state index is 6.03. The quantitative estimate of drug-likeness (QED) is 0.742. The lowest BCUT2D eigenvalue weighted by molar-refractivity contribution is 0.00578. The van der Waals surface area contributed by atoms with Crippen molar-refractivity contribution in [1.29, 1.82) is 0 Å². The first-order valence-corrected chi connectivity index (χ1v) is 6.22. The summed E-state index contributed by atoms with van der Waals surface area (Å²) in [4.78, 5) is 6.44. The van der Waals surface area contributed by atoms with Crippen LogP contribution in [0, 0.1) is 0 Å². The summed E-state index contributed by atoms with van der Waals surface area (Å²) in [7, 11) is 3.57. The molecular formula is C13H21BN2O2. The van der Waals surface area contributed by atoms with Gasteiger partial charge in [0, 0.05) is 20.3 Å². The Labute approximate surface area is 109 Å². The number of hydrogen-bond acceptors (Lipinski definition) is 4. The third-order valence-electron chi connectivity index (χ3n) is 3.77. The first kappa shape index (κ1) is 13.4. The van der Waals surface area contributed by atoms with E-state index in [1.165, 1.54) is 0 Å². The van der Waals surface area contributed by atoms with E-state index in [0.29, 0.717) is 0 Å². The van der Waals surface area contributed by atoms with Crippen molar-refractivity contribution < 1.29 is 9.31 Å². The minimum Gasteiger partial charge on any atom is -0.398 e. The van der Waals surface area contributed by atoms with Crippen LogP contribution in [0.2, 0.25) is 0 Å². The summed E-state index contributed by atoms with van der Waals surface area (Å²) in [5.41, 5.74) is 1.19. The van der Waals surface area contributed by atoms with Crippen molar-refractivity contribution >= 4 is 18.4 Å². The summed E-state index contributed by atoms with van der Waals surface area (Å²) in [6.07, 6.45) is 1.77. The zero-order valence-electron chi connectivity index (χ0n) is 12.0. The van der Waals surface area contributed by atoms with Crippen LogP contribution in [0.15, 0.2) is 18.3 Å². The van der Waals surface area contributed by atoms with E-state index in [1.807, 2.05) is 58.8 Å². The Balaban J connectivity index is 2.35. The average Bonchev–Trinajstić information content (AvgIpc) is 2.48. The molecule has 1 saturated heterocycles. The molecule has 5 heteroatoms. The fourth-order valence-electron chi connectivity index (χ4n) is 1.92. The second-order valence-corrected chi connectivity index (χ2v) is 5.89. The summed E-state index contributed by atoms with van der Waals surface area (Å²) >= 11 is 0. The highest BCUT2D eigenvalue weighted by molar-refractivity contribution is 6.62. The van der Waals surface area contributed by atoms with Gasteiger partial charge >= 0.3 is 7.12 Å². The molecule has 98 valence electrons. The van der Waals surface area contributed by atoms with Gasteiger partial charge in [-0.05, 0) is 39.8 Å². The van der Waals surface area contributed by atoms with E-state index in [0.717, 1.165) is 11.3 Å². The van der Waals surface area contributed by atoms with Crippen LogP contribution in [0.3, 0.4) is 0 Å². The zero-order chi connectivity index (χ0) is 13.6. The van der Waals surface area contributed by atoms with E-state index in [9.17, 15) is 0 Å². The Morgan fingerprint density at radius 1 is 1.11 bits per heavy atom. The van der Waals surface area contributed by atoms with E-state index in [1.54, 1.807) is 6.20 Å². The highest BCUT2D eigenvalue weighted by Crippen LogP contribution is 2.36. The Hall–Kier alpha value is -1.07. The Morgan fingerprint density at radius 2 is 1.67 bits per heavy atom. The van der Waals surface area contributed by atoms with Crippen molar-refractivity contribution in [1.82, 2.24) is 4.98 Å². The number of rotatable bonds is 2. The molecule has 0 spiro atoms. The van der Waals surface area contributed by atoms with E-state index < -0.39 is 7.12 Å². The van der Waals surface area contributed by atoms with Gasteiger partial charge in [-0.25, -0.2) is 0 Å². The SMILES string of the molecule is CN(C)c1cccnc1B1OC(C)(C)C(C)(C)O1. The molecule has 2 rings (SSSR count). The van der Waals surface area contributed by atoms with Gasteiger partial charge in [0.1, 0.15) is 0 Å². The lowest BCUT2D eigenvalue weighted by atomic mass is 9.82. The molecule has 1 aliphatic heterocycles. The second kappa shape index (κ2) is 4.25. The molecule has 0 radical (unpaired) electrons. The number of hydrogen-bond donors (Lipinski definition) is 0. The minimum atomic E-state index is -0.409. The van der Waals surface area contributed by atoms with Gasteiger partial charge in [-0.3, -0.25) is 4.98 Å². The minimum absolute atomic E-state index is 0.335. The molecule has 2 heterocycles. The second-order valence-electron chi connectivity index (χ2n) is 5.89. The summed E-state index contributed by atoms with van der Waals surface area (Å²) in [6, 6.07) is 3.94. The van der Waals surface area contributed by atoms with Gasteiger partial charge in [-0.2, -0.15) is 0 Å². The monoisotopic (exact) mass is 248 g/mol. The van der Waals surface area contributed by atoms with Gasteiger partial charge in [0.15, 0.2) is 0 Å². The van der Waals surface area contributed by atoms with Gasteiger partial charge < -0.3 is 14.2 Å². The standard InChI is InChI=1S/C13H21BN2O2/c1-12(2)13(3,4)18-14(17-12)11-10(16(5)6)8-7-9-15-11/h7-9H,1-6H3. The number of nitrogens with zero attached hydrogens (tertiary/aromatic N) is 2. The fraction of sp³-hybridized carbons (Fsp3) is 0.615. The van der Waals surface area contributed by atoms with Crippen LogP contribution in [0.25, 0.3) is 0 Å². The molecule has 1 aliphatic rings. The van der Waals surface area contributed by atoms with Crippen molar-refractivity contribution in [2.45, 2.75) is 38.9 Å². The van der Waals surface area contributed by atoms with Crippen LogP contribution in [0.4, 0.5) is 5.69 Å². The highest BCUT2D eigenvalue weighted by Gasteiger charge is 2.53. The molecule has 0 N–H and O–H groups in total. The van der Waals surface area contributed by atoms with Crippen LogP contribution in [0.5, 0.6) is 0 Å². The smallest absolute Gasteiger partial charge is 0.398 e. The molecule has 0 aliphatic carbocycles. The molecule has 18 heavy (non-hydrogen) atoms. The van der Waals surface area contributed by atoms with Gasteiger partial charge in [0.25, 0.3) is 0 Å². The summed E-state index contributed by atoms with van der Waals surface area (Å²) in [5, 5.41) is 0. The van der Waals surface area contributed by atoms with E-state index in [-0.39, 0.29) is 11.2 Å². The molecule has 0 amide bonds. The third-order valence-corrected chi connectivity index (χ3v) is 3.77. The van der Waals surface area contributed by atoms with Crippen molar-refractivity contribution in [3.63, 3.8) is 0 Å². The van der Waals surface area contributed by atoms with Crippen LogP contribution in [-0.4, -0.2) is 37.4 Å². The van der Waals surface area contributed by atoms with Crippen molar-refractivity contribution in [3.05, 3.63) is 18.3 Å². The predicted octanol–water partition coefficient (Wildman–Crippen LogP) is 1.45. The molecule has 0 atom stereocenters. The van der Waals surface area contributed by atoms with Gasteiger partial charge in [-0.15, -0.1) is 0 Å². The maximum Gasteiger partial charge on any atom is 0.516 e. The molecule has 0 unspecified atom stereocenters. The first-order valence-electron chi connectivity index (χ1n) is 6.22. The number of aromatic nitrogens is 1. The molecule has 0 bridgehead atoms. The Kier molecular flexibility index (Phi) is 3.15. The van der Waals surface area contributed by atoms with Gasteiger partial charge in [0.05, 0.1) is 22.5 Å². The predicted molar refractivity (Wildman–Crippen MR) is 74.3 cm³/mol. The number of anilines is 1. The summed E-state index contributed by atoms with van der Waals surface area (Å²) < 4.78 is 12.1. The Morgan fingerprint density at radius 3 is 2.17 bits per heavy atom. The van der Waals surface area contributed by atoms with Crippen LogP contribution in [0.1, 0.15) is 27.7 Å². The number of pyridine rings is 1. The van der Waals surface area contributed by atoms with Gasteiger partial charge in [-0.1, -0.05) is 0 Å². The molecule has 1 aromatic heterocycles. The van der Waals surface area contributed by atoms with E-state index >= 15 is 0 Å². The normalized spacial score (nSPS) is 21.1. The topological polar surface area (TPSA) is 34.6 Å². The van der Waals surface area contributed by atoms with Crippen LogP contribution in [-0.2, 0) is 9.31 Å². The maximum atomic E-state index is 6.03. The molecule has 0 saturated carbocycles. The van der Waals surface area contributed by atoms with Crippen molar-refractivity contribution in [3.8, 4) is 0 Å². The molecule has 0 aromatic carbocycles. The fourth-order valence-corrected chi connectivity index (χ4v) is 1.92. The van der Waals surface area contributed by atoms with Crippen LogP contribution < -0.4 is 10.5 Å². The Bertz CT molecular complexity index is 430. The van der Waals surface area contributed by atoms with Crippen molar-refractivity contribution in [2.75, 3.05) is 19.0 Å². The highest BCUT2D eigenvalue weighted by atomic mass is 16.7. The largest absolute Gasteiger partial charge is 0.516 e. The summed E-state index contributed by atoms with van der Waals surface area (Å²) in [5.74, 6) is 0. The molecular weight excluding hydrogens is 227 g/mol. The van der Waals surface area contributed by atoms with Gasteiger partial charge in [0.2, 0.25) is 0 Å². The first-order chi connectivity index (χ1) is 8.24. The summed E-state index contributed by atoms with van der Waals surface area (Å²) in [6.45, 7) is 8.19. The van der Waals surface area contributed by atoms with E-state index in [2.05, 4.69) is 4.98 Å². The zero-order valence-corrected chi connectivity index (χ0v) is 12.0. The lowest BCUT2D eigenvalue weighted by Gasteiger charge is -2.32. The van der Waals surface area contributed by atoms with E-state index in [4.69, 9.17) is 9.31 Å². The lowest BCUT2D eigenvalue weighted by Crippen LogP contribution is -2.41. The molecule has 4 nitrogen and oxygen atoms in total. The average molecular weight is 248 g/mol. The molecule has 1 fully saturated rings. The van der Waals surface area contributed by atoms with Crippen LogP contribution >= 0.6 is 0 Å². The third kappa shape index (κ3) is 2.13. The van der Waals surface area contributed by atoms with Crippen molar-refractivity contribution in [2.24, 2.45) is 0 Å². The molecule has 1 aromatic rings.